The molecule has 132 valence electrons. The number of carbonyl (C=O) groups is 2. The van der Waals surface area contributed by atoms with Crippen molar-refractivity contribution in [2.24, 2.45) is 0 Å². The fourth-order valence-electron chi connectivity index (χ4n) is 2.32. The molecule has 26 heavy (non-hydrogen) atoms. The molecule has 2 aromatic carbocycles. The Hall–Kier alpha value is -2.12. The first-order valence-electron chi connectivity index (χ1n) is 7.13. The van der Waals surface area contributed by atoms with Crippen LogP contribution in [0.2, 0.25) is 15.1 Å². The molecule has 2 N–H and O–H groups in total. The van der Waals surface area contributed by atoms with Crippen molar-refractivity contribution in [3.05, 3.63) is 62.6 Å². The number of phenolic OH excluding ortho intramolecular Hbond substituents is 1. The Bertz CT molecular complexity index is 951. The maximum Gasteiger partial charge on any atom is 0.270 e. The SMILES string of the molecule is O=C1NC(=S)N(c2ccc(Cl)cc2)C(=O)C1=Cc1cc(Cl)c(O)c(Cl)c1. The monoisotopic (exact) mass is 426 g/mol. The summed E-state index contributed by atoms with van der Waals surface area (Å²) < 4.78 is 0. The van der Waals surface area contributed by atoms with E-state index in [0.29, 0.717) is 16.3 Å². The molecule has 2 aromatic rings. The molecule has 0 radical (unpaired) electrons. The van der Waals surface area contributed by atoms with E-state index in [9.17, 15) is 14.7 Å². The fraction of sp³-hybridized carbons (Fsp3) is 0. The lowest BCUT2D eigenvalue weighted by atomic mass is 10.1. The van der Waals surface area contributed by atoms with Crippen molar-refractivity contribution in [1.29, 1.82) is 0 Å². The highest BCUT2D eigenvalue weighted by molar-refractivity contribution is 7.80. The van der Waals surface area contributed by atoms with Crippen LogP contribution < -0.4 is 10.2 Å². The number of carbonyl (C=O) groups excluding carboxylic acids is 2. The lowest BCUT2D eigenvalue weighted by Gasteiger charge is -2.29. The molecule has 2 amide bonds. The largest absolute Gasteiger partial charge is 0.505 e. The Morgan fingerprint density at radius 1 is 1.04 bits per heavy atom. The number of hydrogen-bond acceptors (Lipinski definition) is 4. The molecule has 0 aliphatic carbocycles. The van der Waals surface area contributed by atoms with Gasteiger partial charge in [-0.25, -0.2) is 0 Å². The van der Waals surface area contributed by atoms with Crippen molar-refractivity contribution in [1.82, 2.24) is 5.32 Å². The normalized spacial score (nSPS) is 16.2. The second-order valence-corrected chi connectivity index (χ2v) is 6.90. The van der Waals surface area contributed by atoms with Crippen LogP contribution in [0, 0.1) is 0 Å². The van der Waals surface area contributed by atoms with Gasteiger partial charge in [0.15, 0.2) is 10.9 Å². The van der Waals surface area contributed by atoms with Gasteiger partial charge in [-0.05, 0) is 60.3 Å². The lowest BCUT2D eigenvalue weighted by molar-refractivity contribution is -0.122. The van der Waals surface area contributed by atoms with Crippen LogP contribution in [0.3, 0.4) is 0 Å². The van der Waals surface area contributed by atoms with Crippen molar-refractivity contribution in [3.63, 3.8) is 0 Å². The van der Waals surface area contributed by atoms with Crippen LogP contribution >= 0.6 is 47.0 Å². The van der Waals surface area contributed by atoms with E-state index in [0.717, 1.165) is 0 Å². The number of benzene rings is 2. The van der Waals surface area contributed by atoms with Gasteiger partial charge in [0.05, 0.1) is 15.7 Å². The summed E-state index contributed by atoms with van der Waals surface area (Å²) in [6.45, 7) is 0. The third-order valence-corrected chi connectivity index (χ3v) is 4.65. The van der Waals surface area contributed by atoms with E-state index < -0.39 is 11.8 Å². The Balaban J connectivity index is 2.04. The summed E-state index contributed by atoms with van der Waals surface area (Å²) in [5.41, 5.74) is 0.670. The minimum atomic E-state index is -0.648. The summed E-state index contributed by atoms with van der Waals surface area (Å²) in [6.07, 6.45) is 1.32. The number of amides is 2. The van der Waals surface area contributed by atoms with Gasteiger partial charge in [-0.3, -0.25) is 19.8 Å². The molecule has 3 rings (SSSR count). The van der Waals surface area contributed by atoms with Crippen molar-refractivity contribution < 1.29 is 14.7 Å². The van der Waals surface area contributed by atoms with Crippen molar-refractivity contribution in [2.45, 2.75) is 0 Å². The van der Waals surface area contributed by atoms with Crippen molar-refractivity contribution in [2.75, 3.05) is 4.90 Å². The number of aromatic hydroxyl groups is 1. The average molecular weight is 428 g/mol. The maximum atomic E-state index is 12.8. The lowest BCUT2D eigenvalue weighted by Crippen LogP contribution is -2.54. The van der Waals surface area contributed by atoms with Gasteiger partial charge in [0, 0.05) is 5.02 Å². The van der Waals surface area contributed by atoms with Gasteiger partial charge in [-0.15, -0.1) is 0 Å². The highest BCUT2D eigenvalue weighted by atomic mass is 35.5. The highest BCUT2D eigenvalue weighted by Gasteiger charge is 2.34. The smallest absolute Gasteiger partial charge is 0.270 e. The van der Waals surface area contributed by atoms with Crippen LogP contribution in [-0.4, -0.2) is 22.0 Å². The summed E-state index contributed by atoms with van der Waals surface area (Å²) in [6, 6.07) is 9.19. The predicted molar refractivity (Wildman–Crippen MR) is 106 cm³/mol. The number of phenols is 1. The van der Waals surface area contributed by atoms with E-state index in [1.165, 1.54) is 23.1 Å². The average Bonchev–Trinajstić information content (AvgIpc) is 2.58. The van der Waals surface area contributed by atoms with Crippen molar-refractivity contribution in [3.8, 4) is 5.75 Å². The van der Waals surface area contributed by atoms with E-state index in [4.69, 9.17) is 47.0 Å². The Morgan fingerprint density at radius 3 is 2.19 bits per heavy atom. The van der Waals surface area contributed by atoms with Gasteiger partial charge in [-0.2, -0.15) is 0 Å². The molecule has 1 fully saturated rings. The Kier molecular flexibility index (Phi) is 5.20. The number of anilines is 1. The first-order valence-corrected chi connectivity index (χ1v) is 8.67. The summed E-state index contributed by atoms with van der Waals surface area (Å²) in [5, 5.41) is 12.5. The Morgan fingerprint density at radius 2 is 1.62 bits per heavy atom. The zero-order valence-corrected chi connectivity index (χ0v) is 15.9. The second-order valence-electron chi connectivity index (χ2n) is 5.27. The molecule has 0 spiro atoms. The third kappa shape index (κ3) is 3.54. The predicted octanol–water partition coefficient (Wildman–Crippen LogP) is 4.18. The van der Waals surface area contributed by atoms with Crippen LogP contribution in [0.1, 0.15) is 5.56 Å². The standard InChI is InChI=1S/C17H9Cl3N2O3S/c18-9-1-3-10(4-2-9)22-16(25)11(15(24)21-17(22)26)5-8-6-12(19)14(23)13(20)7-8/h1-7,23H,(H,21,24,26). The second kappa shape index (κ2) is 7.25. The summed E-state index contributed by atoms with van der Waals surface area (Å²) in [7, 11) is 0. The van der Waals surface area contributed by atoms with Gasteiger partial charge < -0.3 is 5.11 Å². The van der Waals surface area contributed by atoms with Gasteiger partial charge in [0.2, 0.25) is 0 Å². The molecule has 0 bridgehead atoms. The molecule has 1 aliphatic rings. The van der Waals surface area contributed by atoms with Crippen LogP contribution in [0.4, 0.5) is 5.69 Å². The van der Waals surface area contributed by atoms with Gasteiger partial charge in [0.25, 0.3) is 11.8 Å². The van der Waals surface area contributed by atoms with Crippen LogP contribution in [0.5, 0.6) is 5.75 Å². The van der Waals surface area contributed by atoms with Gasteiger partial charge in [-0.1, -0.05) is 34.8 Å². The quantitative estimate of drug-likeness (QED) is 0.428. The Labute approximate surface area is 168 Å². The third-order valence-electron chi connectivity index (χ3n) is 3.54. The molecule has 1 heterocycles. The minimum Gasteiger partial charge on any atom is -0.505 e. The van der Waals surface area contributed by atoms with E-state index in [2.05, 4.69) is 5.32 Å². The first kappa shape index (κ1) is 18.7. The number of nitrogens with zero attached hydrogens (tertiary/aromatic N) is 1. The molecule has 1 saturated heterocycles. The summed E-state index contributed by atoms with van der Waals surface area (Å²) in [5.74, 6) is -1.54. The molecule has 0 atom stereocenters. The molecule has 1 aliphatic heterocycles. The number of hydrogen-bond donors (Lipinski definition) is 2. The van der Waals surface area contributed by atoms with Crippen LogP contribution in [-0.2, 0) is 9.59 Å². The zero-order valence-electron chi connectivity index (χ0n) is 12.8. The zero-order chi connectivity index (χ0) is 19.0. The number of thiocarbonyl (C=S) groups is 1. The van der Waals surface area contributed by atoms with Gasteiger partial charge >= 0.3 is 0 Å². The first-order chi connectivity index (χ1) is 12.3. The highest BCUT2D eigenvalue weighted by Crippen LogP contribution is 2.33. The maximum absolute atomic E-state index is 12.8. The number of rotatable bonds is 2. The summed E-state index contributed by atoms with van der Waals surface area (Å²) >= 11 is 22.7. The van der Waals surface area contributed by atoms with Crippen LogP contribution in [0.25, 0.3) is 6.08 Å². The summed E-state index contributed by atoms with van der Waals surface area (Å²) in [4.78, 5) is 26.3. The molecule has 9 heteroatoms. The van der Waals surface area contributed by atoms with Gasteiger partial charge in [0.1, 0.15) is 5.57 Å². The van der Waals surface area contributed by atoms with E-state index in [1.54, 1.807) is 24.3 Å². The molecular formula is C17H9Cl3N2O3S. The minimum absolute atomic E-state index is 0.00176. The molecule has 0 unspecified atom stereocenters. The van der Waals surface area contributed by atoms with E-state index >= 15 is 0 Å². The molecule has 5 nitrogen and oxygen atoms in total. The van der Waals surface area contributed by atoms with Crippen molar-refractivity contribution >= 4 is 75.7 Å². The molecule has 0 aromatic heterocycles. The van der Waals surface area contributed by atoms with Crippen LogP contribution in [0.15, 0.2) is 42.0 Å². The van der Waals surface area contributed by atoms with E-state index in [-0.39, 0.29) is 26.5 Å². The molecular weight excluding hydrogens is 419 g/mol. The fourth-order valence-corrected chi connectivity index (χ4v) is 3.23. The number of nitrogens with one attached hydrogen (secondary N) is 1. The van der Waals surface area contributed by atoms with E-state index in [1.807, 2.05) is 0 Å². The number of halogens is 3. The molecule has 0 saturated carbocycles. The topological polar surface area (TPSA) is 69.6 Å².